The first kappa shape index (κ1) is 10.3. The number of hydrogen-bond donors (Lipinski definition) is 2. The van der Waals surface area contributed by atoms with Crippen molar-refractivity contribution in [1.82, 2.24) is 5.32 Å². The van der Waals surface area contributed by atoms with Crippen LogP contribution in [0, 0.1) is 6.92 Å². The van der Waals surface area contributed by atoms with E-state index in [9.17, 15) is 9.59 Å². The second-order valence-corrected chi connectivity index (χ2v) is 4.37. The minimum absolute atomic E-state index is 0.0528. The van der Waals surface area contributed by atoms with E-state index in [1.807, 2.05) is 25.1 Å². The number of benzene rings is 1. The Bertz CT molecular complexity index is 512. The summed E-state index contributed by atoms with van der Waals surface area (Å²) < 4.78 is 0. The van der Waals surface area contributed by atoms with Crippen molar-refractivity contribution in [2.24, 2.45) is 0 Å². The van der Waals surface area contributed by atoms with Gasteiger partial charge in [0.25, 0.3) is 0 Å². The fraction of sp³-hybridized carbons (Fsp3) is 0.333. The maximum Gasteiger partial charge on any atom is 0.248 e. The third-order valence-electron chi connectivity index (χ3n) is 3.26. The van der Waals surface area contributed by atoms with Crippen LogP contribution in [-0.2, 0) is 9.59 Å². The molecule has 88 valence electrons. The Morgan fingerprint density at radius 3 is 3.00 bits per heavy atom. The number of nitrogens with one attached hydrogen (secondary N) is 2. The van der Waals surface area contributed by atoms with E-state index in [0.29, 0.717) is 6.54 Å². The van der Waals surface area contributed by atoms with Crippen molar-refractivity contribution in [1.29, 1.82) is 0 Å². The molecule has 0 radical (unpaired) electrons. The fourth-order valence-electron chi connectivity index (χ4n) is 2.40. The van der Waals surface area contributed by atoms with Gasteiger partial charge in [0.2, 0.25) is 11.8 Å². The Kier molecular flexibility index (Phi) is 2.16. The molecule has 1 aromatic rings. The third kappa shape index (κ3) is 1.43. The Labute approximate surface area is 98.8 Å². The molecule has 1 fully saturated rings. The van der Waals surface area contributed by atoms with Gasteiger partial charge in [0.15, 0.2) is 0 Å². The van der Waals surface area contributed by atoms with Crippen LogP contribution in [0.4, 0.5) is 11.4 Å². The van der Waals surface area contributed by atoms with E-state index in [2.05, 4.69) is 10.6 Å². The quantitative estimate of drug-likeness (QED) is 0.673. The predicted molar refractivity (Wildman–Crippen MR) is 64.0 cm³/mol. The van der Waals surface area contributed by atoms with Gasteiger partial charge in [-0.3, -0.25) is 14.5 Å². The van der Waals surface area contributed by atoms with E-state index in [-0.39, 0.29) is 18.4 Å². The molecule has 0 aromatic heterocycles. The molecule has 17 heavy (non-hydrogen) atoms. The molecule has 2 amide bonds. The SMILES string of the molecule is Cc1cccc2c1NC(=O)C1CNCC(=O)N21. The minimum atomic E-state index is -0.425. The lowest BCUT2D eigenvalue weighted by atomic mass is 10.0. The van der Waals surface area contributed by atoms with Crippen LogP contribution in [0.3, 0.4) is 0 Å². The first-order chi connectivity index (χ1) is 8.18. The number of amides is 2. The fourth-order valence-corrected chi connectivity index (χ4v) is 2.40. The molecule has 0 spiro atoms. The Morgan fingerprint density at radius 1 is 1.35 bits per heavy atom. The van der Waals surface area contributed by atoms with Crippen LogP contribution in [0.25, 0.3) is 0 Å². The van der Waals surface area contributed by atoms with Gasteiger partial charge in [-0.1, -0.05) is 12.1 Å². The van der Waals surface area contributed by atoms with Crippen molar-refractivity contribution in [2.75, 3.05) is 23.3 Å². The Balaban J connectivity index is 2.16. The summed E-state index contributed by atoms with van der Waals surface area (Å²) in [6.45, 7) is 2.72. The molecule has 1 aromatic carbocycles. The molecule has 2 N–H and O–H groups in total. The lowest BCUT2D eigenvalue weighted by Crippen LogP contribution is -2.61. The number of anilines is 2. The number of hydrogen-bond acceptors (Lipinski definition) is 3. The number of fused-ring (bicyclic) bond motifs is 3. The molecule has 2 heterocycles. The van der Waals surface area contributed by atoms with E-state index in [1.54, 1.807) is 4.90 Å². The highest BCUT2D eigenvalue weighted by Crippen LogP contribution is 2.35. The Hall–Kier alpha value is -1.88. The van der Waals surface area contributed by atoms with Crippen molar-refractivity contribution in [3.63, 3.8) is 0 Å². The van der Waals surface area contributed by atoms with Gasteiger partial charge in [-0.15, -0.1) is 0 Å². The molecule has 5 heteroatoms. The lowest BCUT2D eigenvalue weighted by Gasteiger charge is -2.40. The van der Waals surface area contributed by atoms with Gasteiger partial charge in [-0.05, 0) is 18.6 Å². The molecule has 2 aliphatic heterocycles. The van der Waals surface area contributed by atoms with E-state index in [4.69, 9.17) is 0 Å². The van der Waals surface area contributed by atoms with Crippen LogP contribution in [0.1, 0.15) is 5.56 Å². The zero-order valence-electron chi connectivity index (χ0n) is 9.49. The highest BCUT2D eigenvalue weighted by atomic mass is 16.2. The molecule has 5 nitrogen and oxygen atoms in total. The summed E-state index contributed by atoms with van der Waals surface area (Å²) in [6, 6.07) is 5.27. The zero-order valence-corrected chi connectivity index (χ0v) is 9.49. The van der Waals surface area contributed by atoms with Gasteiger partial charge in [-0.25, -0.2) is 0 Å². The van der Waals surface area contributed by atoms with Gasteiger partial charge in [0.1, 0.15) is 6.04 Å². The summed E-state index contributed by atoms with van der Waals surface area (Å²) in [7, 11) is 0. The molecule has 2 aliphatic rings. The number of piperazine rings is 1. The highest BCUT2D eigenvalue weighted by molar-refractivity contribution is 6.13. The van der Waals surface area contributed by atoms with Crippen molar-refractivity contribution in [3.05, 3.63) is 23.8 Å². The van der Waals surface area contributed by atoms with Crippen molar-refractivity contribution in [2.45, 2.75) is 13.0 Å². The zero-order chi connectivity index (χ0) is 12.0. The molecule has 0 aliphatic carbocycles. The molecule has 0 saturated carbocycles. The van der Waals surface area contributed by atoms with E-state index in [1.165, 1.54) is 0 Å². The number of nitrogens with zero attached hydrogens (tertiary/aromatic N) is 1. The van der Waals surface area contributed by atoms with Gasteiger partial charge >= 0.3 is 0 Å². The average molecular weight is 231 g/mol. The molecule has 1 atom stereocenters. The monoisotopic (exact) mass is 231 g/mol. The summed E-state index contributed by atoms with van der Waals surface area (Å²) in [6.07, 6.45) is 0. The maximum atomic E-state index is 11.9. The van der Waals surface area contributed by atoms with Crippen LogP contribution >= 0.6 is 0 Å². The standard InChI is InChI=1S/C12H13N3O2/c1-7-3-2-4-8-11(7)14-12(17)9-5-13-6-10(16)15(8)9/h2-4,9,13H,5-6H2,1H3,(H,14,17). The van der Waals surface area contributed by atoms with Crippen LogP contribution in [0.15, 0.2) is 18.2 Å². The topological polar surface area (TPSA) is 61.4 Å². The summed E-state index contributed by atoms with van der Waals surface area (Å²) in [5.41, 5.74) is 2.53. The molecular formula is C12H13N3O2. The third-order valence-corrected chi connectivity index (χ3v) is 3.26. The van der Waals surface area contributed by atoms with Gasteiger partial charge in [-0.2, -0.15) is 0 Å². The van der Waals surface area contributed by atoms with E-state index < -0.39 is 6.04 Å². The first-order valence-corrected chi connectivity index (χ1v) is 5.62. The Morgan fingerprint density at radius 2 is 2.18 bits per heavy atom. The lowest BCUT2D eigenvalue weighted by molar-refractivity contribution is -0.124. The van der Waals surface area contributed by atoms with Gasteiger partial charge < -0.3 is 10.6 Å². The number of para-hydroxylation sites is 1. The predicted octanol–water partition coefficient (Wildman–Crippen LogP) is 0.252. The summed E-state index contributed by atoms with van der Waals surface area (Å²) >= 11 is 0. The van der Waals surface area contributed by atoms with Gasteiger partial charge in [0, 0.05) is 6.54 Å². The summed E-state index contributed by atoms with van der Waals surface area (Å²) in [5.74, 6) is -0.171. The highest BCUT2D eigenvalue weighted by Gasteiger charge is 2.39. The molecular weight excluding hydrogens is 218 g/mol. The van der Waals surface area contributed by atoms with Crippen LogP contribution in [0.2, 0.25) is 0 Å². The minimum Gasteiger partial charge on any atom is -0.322 e. The van der Waals surface area contributed by atoms with Crippen LogP contribution in [0.5, 0.6) is 0 Å². The normalized spacial score (nSPS) is 22.9. The summed E-state index contributed by atoms with van der Waals surface area (Å²) in [4.78, 5) is 25.5. The number of carbonyl (C=O) groups excluding carboxylic acids is 2. The maximum absolute atomic E-state index is 11.9. The number of carbonyl (C=O) groups is 2. The van der Waals surface area contributed by atoms with Crippen molar-refractivity contribution in [3.8, 4) is 0 Å². The smallest absolute Gasteiger partial charge is 0.248 e. The molecule has 3 rings (SSSR count). The largest absolute Gasteiger partial charge is 0.322 e. The molecule has 1 saturated heterocycles. The summed E-state index contributed by atoms with van der Waals surface area (Å²) in [5, 5.41) is 5.83. The van der Waals surface area contributed by atoms with Crippen molar-refractivity contribution < 1.29 is 9.59 Å². The number of aryl methyl sites for hydroxylation is 1. The van der Waals surface area contributed by atoms with Crippen LogP contribution < -0.4 is 15.5 Å². The van der Waals surface area contributed by atoms with E-state index in [0.717, 1.165) is 16.9 Å². The second-order valence-electron chi connectivity index (χ2n) is 4.37. The molecule has 0 bridgehead atoms. The van der Waals surface area contributed by atoms with Crippen molar-refractivity contribution >= 4 is 23.2 Å². The van der Waals surface area contributed by atoms with Gasteiger partial charge in [0.05, 0.1) is 17.9 Å². The van der Waals surface area contributed by atoms with E-state index >= 15 is 0 Å². The molecule has 1 unspecified atom stereocenters. The second kappa shape index (κ2) is 3.56. The van der Waals surface area contributed by atoms with Crippen LogP contribution in [-0.4, -0.2) is 30.9 Å². The number of rotatable bonds is 0. The first-order valence-electron chi connectivity index (χ1n) is 5.62. The average Bonchev–Trinajstić information content (AvgIpc) is 2.31.